The lowest BCUT2D eigenvalue weighted by molar-refractivity contribution is -0.137. The van der Waals surface area contributed by atoms with E-state index in [0.29, 0.717) is 0 Å². The minimum atomic E-state index is -0.712. The van der Waals surface area contributed by atoms with Crippen LogP contribution in [-0.4, -0.2) is 17.7 Å². The van der Waals surface area contributed by atoms with Crippen molar-refractivity contribution in [2.24, 2.45) is 0 Å². The van der Waals surface area contributed by atoms with Crippen molar-refractivity contribution >= 4 is 5.97 Å². The molecule has 0 bridgehead atoms. The molecular formula is C16H24O3. The fourth-order valence-electron chi connectivity index (χ4n) is 1.90. The molecule has 1 aromatic rings. The van der Waals surface area contributed by atoms with Gasteiger partial charge in [-0.1, -0.05) is 31.9 Å². The maximum absolute atomic E-state index is 10.4. The highest BCUT2D eigenvalue weighted by atomic mass is 16.5. The maximum Gasteiger partial charge on any atom is 0.303 e. The molecular weight excluding hydrogens is 240 g/mol. The fourth-order valence-corrected chi connectivity index (χ4v) is 1.90. The van der Waals surface area contributed by atoms with Crippen molar-refractivity contribution in [3.05, 3.63) is 29.8 Å². The number of carbonyl (C=O) groups is 1. The van der Waals surface area contributed by atoms with Crippen LogP contribution in [0.2, 0.25) is 0 Å². The van der Waals surface area contributed by atoms with Crippen LogP contribution in [0.3, 0.4) is 0 Å². The zero-order valence-corrected chi connectivity index (χ0v) is 11.7. The number of unbranched alkanes of at least 4 members (excludes halogenated alkanes) is 3. The Bertz CT molecular complexity index is 357. The van der Waals surface area contributed by atoms with Crippen LogP contribution in [0.25, 0.3) is 0 Å². The van der Waals surface area contributed by atoms with Gasteiger partial charge in [-0.05, 0) is 43.4 Å². The summed E-state index contributed by atoms with van der Waals surface area (Å²) in [7, 11) is 0. The van der Waals surface area contributed by atoms with Gasteiger partial charge in [0.25, 0.3) is 0 Å². The third-order valence-corrected chi connectivity index (χ3v) is 3.05. The van der Waals surface area contributed by atoms with E-state index in [1.807, 2.05) is 12.1 Å². The molecule has 0 aliphatic carbocycles. The second-order valence-corrected chi connectivity index (χ2v) is 4.80. The van der Waals surface area contributed by atoms with Crippen LogP contribution in [-0.2, 0) is 11.2 Å². The lowest BCUT2D eigenvalue weighted by Crippen LogP contribution is -1.97. The second-order valence-electron chi connectivity index (χ2n) is 4.80. The van der Waals surface area contributed by atoms with E-state index < -0.39 is 5.97 Å². The van der Waals surface area contributed by atoms with E-state index in [4.69, 9.17) is 9.84 Å². The maximum atomic E-state index is 10.4. The quantitative estimate of drug-likeness (QED) is 0.648. The molecule has 1 rings (SSSR count). The van der Waals surface area contributed by atoms with Crippen LogP contribution in [0.15, 0.2) is 24.3 Å². The van der Waals surface area contributed by atoms with Crippen molar-refractivity contribution in [3.8, 4) is 5.75 Å². The van der Waals surface area contributed by atoms with Crippen LogP contribution in [0.5, 0.6) is 5.75 Å². The summed E-state index contributed by atoms with van der Waals surface area (Å²) in [6.45, 7) is 2.96. The van der Waals surface area contributed by atoms with Crippen LogP contribution >= 0.6 is 0 Å². The molecule has 0 amide bonds. The largest absolute Gasteiger partial charge is 0.494 e. The van der Waals surface area contributed by atoms with Crippen molar-refractivity contribution in [1.82, 2.24) is 0 Å². The summed E-state index contributed by atoms with van der Waals surface area (Å²) in [6, 6.07) is 8.13. The first-order chi connectivity index (χ1) is 9.22. The molecule has 0 radical (unpaired) electrons. The van der Waals surface area contributed by atoms with Crippen LogP contribution in [0, 0.1) is 0 Å². The standard InChI is InChI=1S/C16H24O3/c1-2-3-6-13-19-15-11-9-14(10-12-15)7-4-5-8-16(17)18/h9-12H,2-8,13H2,1H3,(H,17,18). The fraction of sp³-hybridized carbons (Fsp3) is 0.562. The smallest absolute Gasteiger partial charge is 0.303 e. The third-order valence-electron chi connectivity index (χ3n) is 3.05. The van der Waals surface area contributed by atoms with Crippen molar-refractivity contribution < 1.29 is 14.6 Å². The molecule has 19 heavy (non-hydrogen) atoms. The zero-order chi connectivity index (χ0) is 13.9. The monoisotopic (exact) mass is 264 g/mol. The first-order valence-electron chi connectivity index (χ1n) is 7.16. The molecule has 0 aliphatic heterocycles. The normalized spacial score (nSPS) is 10.4. The summed E-state index contributed by atoms with van der Waals surface area (Å²) in [5, 5.41) is 8.55. The number of aryl methyl sites for hydroxylation is 1. The number of aliphatic carboxylic acids is 1. The SMILES string of the molecule is CCCCCOc1ccc(CCCCC(=O)O)cc1. The molecule has 3 heteroatoms. The summed E-state index contributed by atoms with van der Waals surface area (Å²) in [6.07, 6.45) is 6.38. The number of carboxylic acids is 1. The van der Waals surface area contributed by atoms with Crippen LogP contribution in [0.4, 0.5) is 0 Å². The number of benzene rings is 1. The Morgan fingerprint density at radius 3 is 2.47 bits per heavy atom. The van der Waals surface area contributed by atoms with E-state index >= 15 is 0 Å². The third kappa shape index (κ3) is 7.50. The lowest BCUT2D eigenvalue weighted by atomic mass is 10.1. The minimum absolute atomic E-state index is 0.263. The Balaban J connectivity index is 2.21. The van der Waals surface area contributed by atoms with Gasteiger partial charge in [-0.2, -0.15) is 0 Å². The first-order valence-corrected chi connectivity index (χ1v) is 7.16. The topological polar surface area (TPSA) is 46.5 Å². The Hall–Kier alpha value is -1.51. The van der Waals surface area contributed by atoms with Gasteiger partial charge in [-0.3, -0.25) is 4.79 Å². The van der Waals surface area contributed by atoms with Gasteiger partial charge in [-0.15, -0.1) is 0 Å². The molecule has 0 saturated carbocycles. The van der Waals surface area contributed by atoms with Gasteiger partial charge in [0, 0.05) is 6.42 Å². The average molecular weight is 264 g/mol. The van der Waals surface area contributed by atoms with Gasteiger partial charge < -0.3 is 9.84 Å². The van der Waals surface area contributed by atoms with E-state index in [0.717, 1.165) is 38.0 Å². The molecule has 0 heterocycles. The Morgan fingerprint density at radius 1 is 1.11 bits per heavy atom. The molecule has 0 atom stereocenters. The first kappa shape index (κ1) is 15.5. The molecule has 3 nitrogen and oxygen atoms in total. The highest BCUT2D eigenvalue weighted by Gasteiger charge is 1.99. The van der Waals surface area contributed by atoms with Crippen molar-refractivity contribution in [1.29, 1.82) is 0 Å². The van der Waals surface area contributed by atoms with E-state index in [2.05, 4.69) is 19.1 Å². The molecule has 0 aromatic heterocycles. The number of rotatable bonds is 10. The molecule has 0 unspecified atom stereocenters. The molecule has 0 aliphatic rings. The summed E-state index contributed by atoms with van der Waals surface area (Å²) in [5.74, 6) is 0.209. The molecule has 1 aromatic carbocycles. The summed E-state index contributed by atoms with van der Waals surface area (Å²) >= 11 is 0. The highest BCUT2D eigenvalue weighted by Crippen LogP contribution is 2.14. The van der Waals surface area contributed by atoms with Crippen molar-refractivity contribution in [2.45, 2.75) is 51.9 Å². The minimum Gasteiger partial charge on any atom is -0.494 e. The van der Waals surface area contributed by atoms with Crippen molar-refractivity contribution in [3.63, 3.8) is 0 Å². The van der Waals surface area contributed by atoms with E-state index in [1.54, 1.807) is 0 Å². The Labute approximate surface area is 115 Å². The van der Waals surface area contributed by atoms with Gasteiger partial charge >= 0.3 is 5.97 Å². The summed E-state index contributed by atoms with van der Waals surface area (Å²) in [4.78, 5) is 10.4. The molecule has 0 saturated heterocycles. The van der Waals surface area contributed by atoms with Gasteiger partial charge in [0.2, 0.25) is 0 Å². The summed E-state index contributed by atoms with van der Waals surface area (Å²) < 4.78 is 5.64. The number of carboxylic acid groups (broad SMARTS) is 1. The number of ether oxygens (including phenoxy) is 1. The number of hydrogen-bond acceptors (Lipinski definition) is 2. The van der Waals surface area contributed by atoms with E-state index in [9.17, 15) is 4.79 Å². The molecule has 1 N–H and O–H groups in total. The van der Waals surface area contributed by atoms with Crippen molar-refractivity contribution in [2.75, 3.05) is 6.61 Å². The van der Waals surface area contributed by atoms with Gasteiger partial charge in [0.05, 0.1) is 6.61 Å². The Kier molecular flexibility index (Phi) is 7.71. The predicted octanol–water partition coefficient (Wildman–Crippen LogP) is 4.05. The van der Waals surface area contributed by atoms with Gasteiger partial charge in [-0.25, -0.2) is 0 Å². The van der Waals surface area contributed by atoms with Crippen LogP contribution in [0.1, 0.15) is 51.0 Å². The van der Waals surface area contributed by atoms with E-state index in [1.165, 1.54) is 18.4 Å². The number of hydrogen-bond donors (Lipinski definition) is 1. The Morgan fingerprint density at radius 2 is 1.84 bits per heavy atom. The van der Waals surface area contributed by atoms with Crippen LogP contribution < -0.4 is 4.74 Å². The second kappa shape index (κ2) is 9.42. The van der Waals surface area contributed by atoms with Gasteiger partial charge in [0.15, 0.2) is 0 Å². The zero-order valence-electron chi connectivity index (χ0n) is 11.7. The highest BCUT2D eigenvalue weighted by molar-refractivity contribution is 5.66. The average Bonchev–Trinajstić information content (AvgIpc) is 2.41. The van der Waals surface area contributed by atoms with E-state index in [-0.39, 0.29) is 6.42 Å². The predicted molar refractivity (Wildman–Crippen MR) is 76.7 cm³/mol. The molecule has 0 fully saturated rings. The molecule has 106 valence electrons. The summed E-state index contributed by atoms with van der Waals surface area (Å²) in [5.41, 5.74) is 1.24. The van der Waals surface area contributed by atoms with Gasteiger partial charge in [0.1, 0.15) is 5.75 Å². The molecule has 0 spiro atoms. The lowest BCUT2D eigenvalue weighted by Gasteiger charge is -2.06.